The van der Waals surface area contributed by atoms with E-state index in [1.807, 2.05) is 0 Å². The van der Waals surface area contributed by atoms with Gasteiger partial charge in [-0.2, -0.15) is 0 Å². The molecule has 1 aromatic heterocycles. The molecule has 2 amide bonds. The van der Waals surface area contributed by atoms with Gasteiger partial charge < -0.3 is 21.7 Å². The summed E-state index contributed by atoms with van der Waals surface area (Å²) in [5, 5.41) is 8.75. The second kappa shape index (κ2) is 7.70. The Labute approximate surface area is 114 Å². The maximum Gasteiger partial charge on any atom is 0.312 e. The Kier molecular flexibility index (Phi) is 6.20. The highest BCUT2D eigenvalue weighted by atomic mass is 79.9. The molecule has 100 valence electrons. The van der Waals surface area contributed by atoms with Crippen molar-refractivity contribution in [2.45, 2.75) is 13.3 Å². The van der Waals surface area contributed by atoms with Crippen LogP contribution < -0.4 is 21.7 Å². The summed E-state index contributed by atoms with van der Waals surface area (Å²) in [5.41, 5.74) is 4.96. The van der Waals surface area contributed by atoms with E-state index in [2.05, 4.69) is 48.8 Å². The molecule has 0 fully saturated rings. The average Bonchev–Trinajstić information content (AvgIpc) is 2.34. The van der Waals surface area contributed by atoms with Crippen LogP contribution in [0.5, 0.6) is 0 Å². The number of nitrogens with zero attached hydrogens (tertiary/aromatic N) is 2. The van der Waals surface area contributed by atoms with Gasteiger partial charge in [0, 0.05) is 19.6 Å². The lowest BCUT2D eigenvalue weighted by molar-refractivity contribution is 0.249. The number of hydrogen-bond donors (Lipinski definition) is 4. The highest BCUT2D eigenvalue weighted by molar-refractivity contribution is 9.10. The molecule has 0 aliphatic carbocycles. The van der Waals surface area contributed by atoms with Crippen molar-refractivity contribution < 1.29 is 4.79 Å². The Morgan fingerprint density at radius 1 is 1.28 bits per heavy atom. The fourth-order valence-corrected chi connectivity index (χ4v) is 1.71. The largest absolute Gasteiger partial charge is 0.369 e. The van der Waals surface area contributed by atoms with E-state index in [0.29, 0.717) is 18.9 Å². The lowest BCUT2D eigenvalue weighted by atomic mass is 10.4. The Balaban J connectivity index is 2.52. The number of rotatable bonds is 7. The minimum atomic E-state index is -0.538. The molecular weight excluding hydrogens is 300 g/mol. The minimum absolute atomic E-state index is 0.434. The van der Waals surface area contributed by atoms with Crippen molar-refractivity contribution in [1.29, 1.82) is 0 Å². The van der Waals surface area contributed by atoms with Gasteiger partial charge in [-0.25, -0.2) is 14.8 Å². The highest BCUT2D eigenvalue weighted by Gasteiger charge is 2.07. The molecule has 0 saturated heterocycles. The zero-order chi connectivity index (χ0) is 13.4. The predicted octanol–water partition coefficient (Wildman–Crippen LogP) is 1.14. The normalized spacial score (nSPS) is 9.89. The topological polar surface area (TPSA) is 105 Å². The van der Waals surface area contributed by atoms with Gasteiger partial charge in [0.25, 0.3) is 0 Å². The first-order chi connectivity index (χ1) is 8.65. The molecule has 1 aromatic rings. The van der Waals surface area contributed by atoms with Crippen LogP contribution in [0.4, 0.5) is 16.4 Å². The van der Waals surface area contributed by atoms with E-state index >= 15 is 0 Å². The van der Waals surface area contributed by atoms with Gasteiger partial charge in [0.05, 0.1) is 0 Å². The molecule has 1 rings (SSSR count). The van der Waals surface area contributed by atoms with E-state index in [1.54, 1.807) is 0 Å². The number of hydrogen-bond acceptors (Lipinski definition) is 5. The first-order valence-corrected chi connectivity index (χ1v) is 6.46. The second-order valence-corrected chi connectivity index (χ2v) is 4.32. The average molecular weight is 317 g/mol. The fraction of sp³-hybridized carbons (Fsp3) is 0.500. The van der Waals surface area contributed by atoms with Crippen molar-refractivity contribution in [2.24, 2.45) is 5.73 Å². The zero-order valence-electron chi connectivity index (χ0n) is 10.2. The number of nitrogens with one attached hydrogen (secondary N) is 3. The van der Waals surface area contributed by atoms with Gasteiger partial charge in [-0.05, 0) is 22.4 Å². The van der Waals surface area contributed by atoms with E-state index in [4.69, 9.17) is 5.73 Å². The van der Waals surface area contributed by atoms with E-state index in [1.165, 1.54) is 6.33 Å². The molecule has 0 saturated carbocycles. The molecule has 0 atom stereocenters. The van der Waals surface area contributed by atoms with Crippen molar-refractivity contribution in [3.8, 4) is 0 Å². The SMILES string of the molecule is CCCNc1ncnc(NCCNC(N)=O)c1Br. The number of amides is 2. The summed E-state index contributed by atoms with van der Waals surface area (Å²) < 4.78 is 0.775. The number of halogens is 1. The van der Waals surface area contributed by atoms with Crippen LogP contribution in [0, 0.1) is 0 Å². The summed E-state index contributed by atoms with van der Waals surface area (Å²) in [6, 6.07) is -0.538. The quantitative estimate of drug-likeness (QED) is 0.565. The van der Waals surface area contributed by atoms with Crippen molar-refractivity contribution in [3.63, 3.8) is 0 Å². The molecule has 18 heavy (non-hydrogen) atoms. The molecular formula is C10H17BrN6O. The van der Waals surface area contributed by atoms with Crippen LogP contribution in [0.3, 0.4) is 0 Å². The second-order valence-electron chi connectivity index (χ2n) is 3.53. The van der Waals surface area contributed by atoms with E-state index < -0.39 is 6.03 Å². The third kappa shape index (κ3) is 4.74. The van der Waals surface area contributed by atoms with Crippen molar-refractivity contribution >= 4 is 33.6 Å². The van der Waals surface area contributed by atoms with Gasteiger partial charge in [-0.1, -0.05) is 6.92 Å². The molecule has 1 heterocycles. The maximum absolute atomic E-state index is 10.5. The zero-order valence-corrected chi connectivity index (χ0v) is 11.7. The summed E-state index contributed by atoms with van der Waals surface area (Å²) in [5.74, 6) is 1.42. The van der Waals surface area contributed by atoms with Crippen LogP contribution in [-0.4, -0.2) is 35.6 Å². The van der Waals surface area contributed by atoms with Crippen LogP contribution in [0.2, 0.25) is 0 Å². The first kappa shape index (κ1) is 14.5. The molecule has 0 spiro atoms. The molecule has 0 aliphatic rings. The first-order valence-electron chi connectivity index (χ1n) is 5.66. The third-order valence-electron chi connectivity index (χ3n) is 2.05. The van der Waals surface area contributed by atoms with Crippen molar-refractivity contribution in [1.82, 2.24) is 15.3 Å². The van der Waals surface area contributed by atoms with E-state index in [9.17, 15) is 4.79 Å². The Morgan fingerprint density at radius 2 is 1.89 bits per heavy atom. The third-order valence-corrected chi connectivity index (χ3v) is 2.80. The van der Waals surface area contributed by atoms with Crippen LogP contribution in [0.1, 0.15) is 13.3 Å². The fourth-order valence-electron chi connectivity index (χ4n) is 1.23. The van der Waals surface area contributed by atoms with Crippen LogP contribution in [-0.2, 0) is 0 Å². The van der Waals surface area contributed by atoms with Gasteiger partial charge in [-0.15, -0.1) is 0 Å². The lowest BCUT2D eigenvalue weighted by Gasteiger charge is -2.11. The number of nitrogens with two attached hydrogens (primary N) is 1. The van der Waals surface area contributed by atoms with Crippen LogP contribution in [0.15, 0.2) is 10.8 Å². The van der Waals surface area contributed by atoms with E-state index in [0.717, 1.165) is 23.3 Å². The van der Waals surface area contributed by atoms with Gasteiger partial charge in [-0.3, -0.25) is 0 Å². The molecule has 7 nitrogen and oxygen atoms in total. The molecule has 0 radical (unpaired) electrons. The monoisotopic (exact) mass is 316 g/mol. The van der Waals surface area contributed by atoms with Crippen molar-refractivity contribution in [2.75, 3.05) is 30.3 Å². The number of carbonyl (C=O) groups is 1. The van der Waals surface area contributed by atoms with Gasteiger partial charge in [0.2, 0.25) is 0 Å². The molecule has 8 heteroatoms. The molecule has 0 aliphatic heterocycles. The van der Waals surface area contributed by atoms with E-state index in [-0.39, 0.29) is 0 Å². The van der Waals surface area contributed by atoms with Gasteiger partial charge in [0.15, 0.2) is 0 Å². The van der Waals surface area contributed by atoms with Crippen LogP contribution >= 0.6 is 15.9 Å². The molecule has 5 N–H and O–H groups in total. The highest BCUT2D eigenvalue weighted by Crippen LogP contribution is 2.26. The lowest BCUT2D eigenvalue weighted by Crippen LogP contribution is -2.33. The predicted molar refractivity (Wildman–Crippen MR) is 74.6 cm³/mol. The van der Waals surface area contributed by atoms with Crippen LogP contribution in [0.25, 0.3) is 0 Å². The summed E-state index contributed by atoms with van der Waals surface area (Å²) in [4.78, 5) is 18.7. The number of urea groups is 1. The smallest absolute Gasteiger partial charge is 0.312 e. The van der Waals surface area contributed by atoms with Gasteiger partial charge in [0.1, 0.15) is 22.4 Å². The number of aromatic nitrogens is 2. The number of anilines is 2. The summed E-state index contributed by atoms with van der Waals surface area (Å²) in [7, 11) is 0. The summed E-state index contributed by atoms with van der Waals surface area (Å²) >= 11 is 3.43. The minimum Gasteiger partial charge on any atom is -0.369 e. The number of primary amides is 1. The maximum atomic E-state index is 10.5. The van der Waals surface area contributed by atoms with Crippen molar-refractivity contribution in [3.05, 3.63) is 10.8 Å². The summed E-state index contributed by atoms with van der Waals surface area (Å²) in [6.45, 7) is 3.89. The standard InChI is InChI=1S/C10H17BrN6O/c1-2-3-13-8-7(11)9(17-6-16-8)14-4-5-15-10(12)18/h6H,2-5H2,1H3,(H3,12,15,18)(H2,13,14,16,17). The number of carbonyl (C=O) groups excluding carboxylic acids is 1. The Morgan fingerprint density at radius 3 is 2.44 bits per heavy atom. The summed E-state index contributed by atoms with van der Waals surface area (Å²) in [6.07, 6.45) is 2.49. The molecule has 0 aromatic carbocycles. The molecule has 0 unspecified atom stereocenters. The Hall–Kier alpha value is -1.57. The van der Waals surface area contributed by atoms with Gasteiger partial charge >= 0.3 is 6.03 Å². The molecule has 0 bridgehead atoms. The Bertz CT molecular complexity index is 400.